The number of rotatable bonds is 8. The molecule has 2 unspecified atom stereocenters. The van der Waals surface area contributed by atoms with Crippen molar-refractivity contribution in [3.63, 3.8) is 0 Å². The Hall–Kier alpha value is -1.42. The standard InChI is InChI=1S/C21H35N5O2.HI/c1-22-21(23-13-20(25(2)3)15-6-7-15)24-16-8-9-26(14-16)17-10-18(27-4)12-19(11-17)28-5;/h10-12,15-16,20H,6-9,13-14H2,1-5H3,(H2,22,23,24);1H. The molecular formula is C21H36IN5O2. The topological polar surface area (TPSA) is 61.4 Å². The fourth-order valence-electron chi connectivity index (χ4n) is 3.93. The summed E-state index contributed by atoms with van der Waals surface area (Å²) in [5.74, 6) is 3.35. The Bertz CT molecular complexity index is 657. The molecule has 164 valence electrons. The van der Waals surface area contributed by atoms with E-state index in [0.29, 0.717) is 12.1 Å². The van der Waals surface area contributed by atoms with Crippen LogP contribution in [-0.2, 0) is 0 Å². The average Bonchev–Trinajstić information content (AvgIpc) is 3.43. The van der Waals surface area contributed by atoms with E-state index in [2.05, 4.69) is 51.7 Å². The Kier molecular flexibility index (Phi) is 9.13. The van der Waals surface area contributed by atoms with Crippen LogP contribution in [0.1, 0.15) is 19.3 Å². The van der Waals surface area contributed by atoms with Gasteiger partial charge in [0.2, 0.25) is 0 Å². The molecule has 1 saturated heterocycles. The predicted octanol–water partition coefficient (Wildman–Crippen LogP) is 2.41. The molecule has 7 nitrogen and oxygen atoms in total. The molecule has 1 aliphatic carbocycles. The van der Waals surface area contributed by atoms with Gasteiger partial charge in [-0.1, -0.05) is 0 Å². The van der Waals surface area contributed by atoms with Gasteiger partial charge in [0.15, 0.2) is 5.96 Å². The first-order valence-corrected chi connectivity index (χ1v) is 10.2. The van der Waals surface area contributed by atoms with E-state index in [1.807, 2.05) is 13.1 Å². The highest BCUT2D eigenvalue weighted by molar-refractivity contribution is 14.0. The summed E-state index contributed by atoms with van der Waals surface area (Å²) in [4.78, 5) is 9.12. The van der Waals surface area contributed by atoms with Gasteiger partial charge in [-0.05, 0) is 39.3 Å². The molecule has 2 atom stereocenters. The predicted molar refractivity (Wildman–Crippen MR) is 130 cm³/mol. The van der Waals surface area contributed by atoms with Crippen molar-refractivity contribution in [2.45, 2.75) is 31.3 Å². The molecule has 0 spiro atoms. The van der Waals surface area contributed by atoms with Gasteiger partial charge in [-0.15, -0.1) is 24.0 Å². The molecule has 2 N–H and O–H groups in total. The number of benzene rings is 1. The zero-order valence-electron chi connectivity index (χ0n) is 18.3. The number of nitrogens with one attached hydrogen (secondary N) is 2. The van der Waals surface area contributed by atoms with E-state index in [0.717, 1.165) is 55.1 Å². The molecule has 1 saturated carbocycles. The van der Waals surface area contributed by atoms with Gasteiger partial charge in [0, 0.05) is 62.7 Å². The summed E-state index contributed by atoms with van der Waals surface area (Å²) in [6, 6.07) is 6.97. The largest absolute Gasteiger partial charge is 0.497 e. The minimum Gasteiger partial charge on any atom is -0.497 e. The van der Waals surface area contributed by atoms with Crippen LogP contribution in [-0.4, -0.2) is 77.9 Å². The number of nitrogens with zero attached hydrogens (tertiary/aromatic N) is 3. The molecule has 0 amide bonds. The van der Waals surface area contributed by atoms with E-state index in [1.54, 1.807) is 14.2 Å². The molecule has 1 aromatic rings. The number of anilines is 1. The summed E-state index contributed by atoms with van der Waals surface area (Å²) >= 11 is 0. The Labute approximate surface area is 192 Å². The van der Waals surface area contributed by atoms with Crippen molar-refractivity contribution < 1.29 is 9.47 Å². The zero-order valence-corrected chi connectivity index (χ0v) is 20.6. The van der Waals surface area contributed by atoms with Crippen LogP contribution in [0.25, 0.3) is 0 Å². The highest BCUT2D eigenvalue weighted by atomic mass is 127. The number of likely N-dealkylation sites (N-methyl/N-ethyl adjacent to an activating group) is 1. The van der Waals surface area contributed by atoms with Gasteiger partial charge < -0.3 is 29.9 Å². The maximum Gasteiger partial charge on any atom is 0.191 e. The number of hydrogen-bond donors (Lipinski definition) is 2. The molecule has 29 heavy (non-hydrogen) atoms. The number of guanidine groups is 1. The zero-order chi connectivity index (χ0) is 20.1. The van der Waals surface area contributed by atoms with Crippen molar-refractivity contribution in [1.29, 1.82) is 0 Å². The normalized spacial score (nSPS) is 20.3. The minimum absolute atomic E-state index is 0. The van der Waals surface area contributed by atoms with Crippen LogP contribution in [0.2, 0.25) is 0 Å². The van der Waals surface area contributed by atoms with Gasteiger partial charge in [0.1, 0.15) is 11.5 Å². The fourth-order valence-corrected chi connectivity index (χ4v) is 3.93. The third-order valence-electron chi connectivity index (χ3n) is 5.76. The summed E-state index contributed by atoms with van der Waals surface area (Å²) in [5.41, 5.74) is 1.13. The van der Waals surface area contributed by atoms with Crippen LogP contribution >= 0.6 is 24.0 Å². The van der Waals surface area contributed by atoms with Crippen molar-refractivity contribution in [2.75, 3.05) is 59.9 Å². The Morgan fingerprint density at radius 1 is 1.17 bits per heavy atom. The Morgan fingerprint density at radius 2 is 1.83 bits per heavy atom. The summed E-state index contributed by atoms with van der Waals surface area (Å²) < 4.78 is 10.8. The van der Waals surface area contributed by atoms with Crippen LogP contribution in [0.4, 0.5) is 5.69 Å². The molecule has 2 aliphatic rings. The highest BCUT2D eigenvalue weighted by Crippen LogP contribution is 2.34. The molecule has 1 heterocycles. The first-order valence-electron chi connectivity index (χ1n) is 10.2. The number of hydrogen-bond acceptors (Lipinski definition) is 5. The van der Waals surface area contributed by atoms with E-state index in [1.165, 1.54) is 12.8 Å². The SMILES string of the molecule is CN=C(NCC(C1CC1)N(C)C)NC1CCN(c2cc(OC)cc(OC)c2)C1.I. The highest BCUT2D eigenvalue weighted by Gasteiger charge is 2.32. The van der Waals surface area contributed by atoms with Gasteiger partial charge in [-0.25, -0.2) is 0 Å². The van der Waals surface area contributed by atoms with Crippen molar-refractivity contribution in [2.24, 2.45) is 10.9 Å². The van der Waals surface area contributed by atoms with E-state index in [-0.39, 0.29) is 24.0 Å². The number of ether oxygens (including phenoxy) is 2. The summed E-state index contributed by atoms with van der Waals surface area (Å²) in [6.07, 6.45) is 3.76. The van der Waals surface area contributed by atoms with Gasteiger partial charge in [-0.2, -0.15) is 0 Å². The van der Waals surface area contributed by atoms with Crippen LogP contribution in [0, 0.1) is 5.92 Å². The summed E-state index contributed by atoms with van der Waals surface area (Å²) in [7, 11) is 9.55. The fraction of sp³-hybridized carbons (Fsp3) is 0.667. The van der Waals surface area contributed by atoms with Gasteiger partial charge in [0.05, 0.1) is 14.2 Å². The molecule has 1 aliphatic heterocycles. The monoisotopic (exact) mass is 517 g/mol. The average molecular weight is 517 g/mol. The molecular weight excluding hydrogens is 481 g/mol. The summed E-state index contributed by atoms with van der Waals surface area (Å²) in [6.45, 7) is 2.85. The quantitative estimate of drug-likeness (QED) is 0.314. The van der Waals surface area contributed by atoms with Crippen LogP contribution in [0.15, 0.2) is 23.2 Å². The lowest BCUT2D eigenvalue weighted by Gasteiger charge is -2.26. The molecule has 3 rings (SSSR count). The van der Waals surface area contributed by atoms with Crippen LogP contribution < -0.4 is 25.0 Å². The maximum atomic E-state index is 5.41. The van der Waals surface area contributed by atoms with Crippen molar-refractivity contribution in [3.8, 4) is 11.5 Å². The van der Waals surface area contributed by atoms with E-state index < -0.39 is 0 Å². The van der Waals surface area contributed by atoms with Crippen molar-refractivity contribution in [1.82, 2.24) is 15.5 Å². The lowest BCUT2D eigenvalue weighted by atomic mass is 10.1. The van der Waals surface area contributed by atoms with Crippen molar-refractivity contribution >= 4 is 35.6 Å². The lowest BCUT2D eigenvalue weighted by Crippen LogP contribution is -2.49. The minimum atomic E-state index is 0. The third kappa shape index (κ3) is 6.53. The van der Waals surface area contributed by atoms with Gasteiger partial charge in [0.25, 0.3) is 0 Å². The molecule has 8 heteroatoms. The molecule has 0 bridgehead atoms. The first kappa shape index (κ1) is 23.9. The second-order valence-corrected chi connectivity index (χ2v) is 7.97. The number of methoxy groups -OCH3 is 2. The first-order chi connectivity index (χ1) is 13.5. The second kappa shape index (κ2) is 11.1. The molecule has 1 aromatic carbocycles. The van der Waals surface area contributed by atoms with Crippen LogP contribution in [0.3, 0.4) is 0 Å². The molecule has 0 radical (unpaired) electrons. The lowest BCUT2D eigenvalue weighted by molar-refractivity contribution is 0.264. The maximum absolute atomic E-state index is 5.41. The number of aliphatic imine (C=N–C) groups is 1. The van der Waals surface area contributed by atoms with Gasteiger partial charge >= 0.3 is 0 Å². The van der Waals surface area contributed by atoms with Crippen molar-refractivity contribution in [3.05, 3.63) is 18.2 Å². The molecule has 0 aromatic heterocycles. The van der Waals surface area contributed by atoms with Gasteiger partial charge in [-0.3, -0.25) is 4.99 Å². The third-order valence-corrected chi connectivity index (χ3v) is 5.76. The second-order valence-electron chi connectivity index (χ2n) is 7.97. The van der Waals surface area contributed by atoms with E-state index in [9.17, 15) is 0 Å². The Balaban J connectivity index is 0.00000300. The van der Waals surface area contributed by atoms with E-state index in [4.69, 9.17) is 9.47 Å². The van der Waals surface area contributed by atoms with E-state index >= 15 is 0 Å². The molecule has 2 fully saturated rings. The number of halogens is 1. The Morgan fingerprint density at radius 3 is 2.34 bits per heavy atom. The smallest absolute Gasteiger partial charge is 0.191 e. The summed E-state index contributed by atoms with van der Waals surface area (Å²) in [5, 5.41) is 7.12. The van der Waals surface area contributed by atoms with Crippen LogP contribution in [0.5, 0.6) is 11.5 Å².